The van der Waals surface area contributed by atoms with Gasteiger partial charge in [0, 0.05) is 18.7 Å². The zero-order chi connectivity index (χ0) is 22.5. The zero-order valence-electron chi connectivity index (χ0n) is 19.1. The molecule has 1 saturated heterocycles. The van der Waals surface area contributed by atoms with Gasteiger partial charge in [-0.1, -0.05) is 62.5 Å². The Morgan fingerprint density at radius 2 is 1.91 bits per heavy atom. The van der Waals surface area contributed by atoms with Gasteiger partial charge in [0.25, 0.3) is 0 Å². The molecule has 0 amide bonds. The minimum atomic E-state index is 0.434. The lowest BCUT2D eigenvalue weighted by atomic mass is 9.67. The third-order valence-electron chi connectivity index (χ3n) is 7.54. The van der Waals surface area contributed by atoms with E-state index in [0.717, 1.165) is 36.1 Å². The van der Waals surface area contributed by atoms with Crippen LogP contribution in [-0.4, -0.2) is 33.3 Å². The highest BCUT2D eigenvalue weighted by atomic mass is 35.5. The average molecular weight is 472 g/mol. The molecule has 2 aliphatic rings. The molecule has 2 fully saturated rings. The van der Waals surface area contributed by atoms with E-state index in [0.29, 0.717) is 32.0 Å². The molecule has 2 aromatic heterocycles. The summed E-state index contributed by atoms with van der Waals surface area (Å²) in [7, 11) is 0. The number of nitrogens with zero attached hydrogens (tertiary/aromatic N) is 4. The van der Waals surface area contributed by atoms with E-state index in [9.17, 15) is 0 Å². The molecule has 170 valence electrons. The van der Waals surface area contributed by atoms with Crippen molar-refractivity contribution in [2.75, 3.05) is 18.0 Å². The molecule has 1 aliphatic carbocycles. The molecule has 1 spiro atoms. The Morgan fingerprint density at radius 1 is 1.12 bits per heavy atom. The first-order chi connectivity index (χ1) is 15.3. The van der Waals surface area contributed by atoms with E-state index in [2.05, 4.69) is 35.9 Å². The molecule has 0 radical (unpaired) electrons. The number of halogens is 2. The van der Waals surface area contributed by atoms with E-state index in [4.69, 9.17) is 33.2 Å². The Kier molecular flexibility index (Phi) is 5.61. The van der Waals surface area contributed by atoms with E-state index >= 15 is 0 Å². The highest BCUT2D eigenvalue weighted by Crippen LogP contribution is 2.51. The van der Waals surface area contributed by atoms with Crippen molar-refractivity contribution in [1.29, 1.82) is 0 Å². The number of piperidine rings is 1. The number of benzene rings is 1. The van der Waals surface area contributed by atoms with Gasteiger partial charge in [-0.2, -0.15) is 5.10 Å². The molecule has 3 aromatic rings. The van der Waals surface area contributed by atoms with Gasteiger partial charge in [0.2, 0.25) is 5.65 Å². The SMILES string of the molecule is CC1CCC2(CCN(c3cnc4c(-c5cccc(Cl)c5Cl)[nH]nc4n3)CC2)CC(C)(C)C1. The third kappa shape index (κ3) is 4.10. The smallest absolute Gasteiger partial charge is 0.202 e. The molecule has 7 heteroatoms. The first kappa shape index (κ1) is 22.0. The van der Waals surface area contributed by atoms with Crippen molar-refractivity contribution in [3.8, 4) is 11.3 Å². The van der Waals surface area contributed by atoms with E-state index in [1.165, 1.54) is 38.5 Å². The maximum absolute atomic E-state index is 6.41. The predicted octanol–water partition coefficient (Wildman–Crippen LogP) is 7.15. The van der Waals surface area contributed by atoms with Crippen molar-refractivity contribution in [3.05, 3.63) is 34.4 Å². The van der Waals surface area contributed by atoms with Crippen LogP contribution in [0.25, 0.3) is 22.4 Å². The summed E-state index contributed by atoms with van der Waals surface area (Å²) in [6.07, 6.45) is 9.73. The number of H-pyrrole nitrogens is 1. The molecule has 5 nitrogen and oxygen atoms in total. The van der Waals surface area contributed by atoms with Crippen molar-refractivity contribution in [2.45, 2.75) is 59.3 Å². The van der Waals surface area contributed by atoms with Gasteiger partial charge < -0.3 is 4.90 Å². The largest absolute Gasteiger partial charge is 0.355 e. The van der Waals surface area contributed by atoms with Crippen molar-refractivity contribution >= 4 is 40.2 Å². The van der Waals surface area contributed by atoms with Gasteiger partial charge in [0.1, 0.15) is 11.3 Å². The summed E-state index contributed by atoms with van der Waals surface area (Å²) in [5.74, 6) is 1.74. The van der Waals surface area contributed by atoms with Crippen LogP contribution >= 0.6 is 23.2 Å². The Balaban J connectivity index is 1.36. The Bertz CT molecular complexity index is 1130. The number of fused-ring (bicyclic) bond motifs is 1. The van der Waals surface area contributed by atoms with Crippen LogP contribution in [0.1, 0.15) is 59.3 Å². The van der Waals surface area contributed by atoms with E-state index < -0.39 is 0 Å². The summed E-state index contributed by atoms with van der Waals surface area (Å²) in [5, 5.41) is 8.48. The zero-order valence-corrected chi connectivity index (χ0v) is 20.6. The van der Waals surface area contributed by atoms with E-state index in [1.807, 2.05) is 18.3 Å². The van der Waals surface area contributed by atoms with Crippen LogP contribution in [0, 0.1) is 16.7 Å². The summed E-state index contributed by atoms with van der Waals surface area (Å²) >= 11 is 12.6. The fraction of sp³-hybridized carbons (Fsp3) is 0.560. The van der Waals surface area contributed by atoms with Crippen LogP contribution in [0.3, 0.4) is 0 Å². The monoisotopic (exact) mass is 471 g/mol. The van der Waals surface area contributed by atoms with Gasteiger partial charge in [-0.15, -0.1) is 0 Å². The number of hydrogen-bond donors (Lipinski definition) is 1. The molecule has 32 heavy (non-hydrogen) atoms. The second kappa shape index (κ2) is 8.18. The normalized spacial score (nSPS) is 22.9. The lowest BCUT2D eigenvalue weighted by Gasteiger charge is -2.45. The highest BCUT2D eigenvalue weighted by Gasteiger charge is 2.42. The molecular formula is C25H31Cl2N5. The predicted molar refractivity (Wildman–Crippen MR) is 132 cm³/mol. The maximum atomic E-state index is 6.41. The minimum Gasteiger partial charge on any atom is -0.355 e. The fourth-order valence-corrected chi connectivity index (χ4v) is 6.63. The molecule has 1 unspecified atom stereocenters. The van der Waals surface area contributed by atoms with Crippen molar-refractivity contribution in [1.82, 2.24) is 20.2 Å². The summed E-state index contributed by atoms with van der Waals surface area (Å²) in [4.78, 5) is 11.9. The number of hydrogen-bond acceptors (Lipinski definition) is 4. The highest BCUT2D eigenvalue weighted by molar-refractivity contribution is 6.43. The topological polar surface area (TPSA) is 57.7 Å². The quantitative estimate of drug-likeness (QED) is 0.430. The molecule has 0 bridgehead atoms. The minimum absolute atomic E-state index is 0.434. The van der Waals surface area contributed by atoms with Crippen LogP contribution in [0.4, 0.5) is 5.82 Å². The molecule has 5 rings (SSSR count). The van der Waals surface area contributed by atoms with Gasteiger partial charge in [-0.3, -0.25) is 5.10 Å². The molecular weight excluding hydrogens is 441 g/mol. The molecule has 1 saturated carbocycles. The molecule has 3 heterocycles. The fourth-order valence-electron chi connectivity index (χ4n) is 6.23. The Morgan fingerprint density at radius 3 is 2.69 bits per heavy atom. The van der Waals surface area contributed by atoms with Crippen LogP contribution in [-0.2, 0) is 0 Å². The summed E-state index contributed by atoms with van der Waals surface area (Å²) in [6, 6.07) is 5.56. The number of nitrogens with one attached hydrogen (secondary N) is 1. The first-order valence-electron chi connectivity index (χ1n) is 11.7. The number of rotatable bonds is 2. The summed E-state index contributed by atoms with van der Waals surface area (Å²) in [5.41, 5.74) is 3.77. The Labute approximate surface area is 199 Å². The number of anilines is 1. The standard InChI is InChI=1S/C25H31Cl2N5/c1-16-7-8-25(15-24(2,3)13-16)9-11-32(12-10-25)19-14-28-22-21(30-31-23(22)29-19)17-5-4-6-18(26)20(17)27/h4-6,14,16H,7-13,15H2,1-3H3,(H,29,30,31). The number of aromatic nitrogens is 4. The lowest BCUT2D eigenvalue weighted by molar-refractivity contribution is 0.123. The van der Waals surface area contributed by atoms with Crippen LogP contribution in [0.15, 0.2) is 24.4 Å². The summed E-state index contributed by atoms with van der Waals surface area (Å²) < 4.78 is 0. The first-order valence-corrected chi connectivity index (χ1v) is 12.4. The molecule has 1 aliphatic heterocycles. The maximum Gasteiger partial charge on any atom is 0.202 e. The lowest BCUT2D eigenvalue weighted by Crippen LogP contribution is -2.42. The van der Waals surface area contributed by atoms with Crippen molar-refractivity contribution in [3.63, 3.8) is 0 Å². The van der Waals surface area contributed by atoms with Crippen molar-refractivity contribution < 1.29 is 0 Å². The van der Waals surface area contributed by atoms with Gasteiger partial charge in [-0.25, -0.2) is 9.97 Å². The van der Waals surface area contributed by atoms with E-state index in [1.54, 1.807) is 6.07 Å². The van der Waals surface area contributed by atoms with Crippen molar-refractivity contribution in [2.24, 2.45) is 16.7 Å². The van der Waals surface area contributed by atoms with E-state index in [-0.39, 0.29) is 0 Å². The third-order valence-corrected chi connectivity index (χ3v) is 8.36. The number of aromatic amines is 1. The second-order valence-corrected chi connectivity index (χ2v) is 11.6. The molecule has 1 atom stereocenters. The second-order valence-electron chi connectivity index (χ2n) is 10.8. The summed E-state index contributed by atoms with van der Waals surface area (Å²) in [6.45, 7) is 9.41. The van der Waals surface area contributed by atoms with Gasteiger partial charge in [0.15, 0.2) is 0 Å². The van der Waals surface area contributed by atoms with Crippen LogP contribution in [0.5, 0.6) is 0 Å². The van der Waals surface area contributed by atoms with Gasteiger partial charge >= 0.3 is 0 Å². The average Bonchev–Trinajstić information content (AvgIpc) is 3.12. The van der Waals surface area contributed by atoms with Crippen LogP contribution < -0.4 is 4.90 Å². The Hall–Kier alpha value is -1.85. The van der Waals surface area contributed by atoms with Gasteiger partial charge in [0.05, 0.1) is 21.9 Å². The molecule has 1 N–H and O–H groups in total. The van der Waals surface area contributed by atoms with Crippen LogP contribution in [0.2, 0.25) is 10.0 Å². The van der Waals surface area contributed by atoms with Gasteiger partial charge in [-0.05, 0) is 54.9 Å². The molecule has 1 aromatic carbocycles.